The molecule has 2 aliphatic rings. The van der Waals surface area contributed by atoms with Crippen molar-refractivity contribution in [1.29, 1.82) is 0 Å². The molecule has 0 aromatic carbocycles. The smallest absolute Gasteiger partial charge is 0.166 e. The Bertz CT molecular complexity index is 486. The van der Waals surface area contributed by atoms with Gasteiger partial charge in [0.05, 0.1) is 8.32 Å². The third-order valence-corrected chi connectivity index (χ3v) is 6.25. The summed E-state index contributed by atoms with van der Waals surface area (Å²) in [5, 5.41) is 0. The highest BCUT2D eigenvalue weighted by Gasteiger charge is 2.58. The summed E-state index contributed by atoms with van der Waals surface area (Å²) in [4.78, 5) is 0. The molecule has 0 aromatic rings. The van der Waals surface area contributed by atoms with Crippen molar-refractivity contribution in [3.63, 3.8) is 0 Å². The van der Waals surface area contributed by atoms with E-state index in [1.807, 2.05) is 20.8 Å². The van der Waals surface area contributed by atoms with E-state index in [2.05, 4.69) is 0 Å². The van der Waals surface area contributed by atoms with Gasteiger partial charge in [-0.25, -0.2) is 0 Å². The van der Waals surface area contributed by atoms with Gasteiger partial charge in [-0.2, -0.15) is 26.3 Å². The Morgan fingerprint density at radius 3 is 1.90 bits per heavy atom. The zero-order valence-electron chi connectivity index (χ0n) is 11.6. The first-order valence-corrected chi connectivity index (χ1v) is 7.82. The molecule has 1 aliphatic heterocycles. The van der Waals surface area contributed by atoms with E-state index in [0.29, 0.717) is 29.9 Å². The molecule has 0 radical (unpaired) electrons. The Hall–Kier alpha value is -0.240. The zero-order valence-corrected chi connectivity index (χ0v) is 13.2. The van der Waals surface area contributed by atoms with Gasteiger partial charge >= 0.3 is 12.4 Å². The van der Waals surface area contributed by atoms with Crippen molar-refractivity contribution < 1.29 is 26.3 Å². The molecule has 1 aliphatic carbocycles. The van der Waals surface area contributed by atoms with Crippen LogP contribution in [-0.2, 0) is 0 Å². The Morgan fingerprint density at radius 1 is 1.05 bits per heavy atom. The van der Waals surface area contributed by atoms with Gasteiger partial charge < -0.3 is 0 Å². The van der Waals surface area contributed by atoms with Crippen LogP contribution in [0.1, 0.15) is 33.6 Å². The van der Waals surface area contributed by atoms with E-state index in [9.17, 15) is 26.3 Å². The Balaban J connectivity index is 2.33. The van der Waals surface area contributed by atoms with Crippen molar-refractivity contribution in [1.82, 2.24) is 0 Å². The van der Waals surface area contributed by atoms with E-state index in [1.54, 1.807) is 6.08 Å². The van der Waals surface area contributed by atoms with Gasteiger partial charge in [-0.05, 0) is 25.2 Å². The second kappa shape index (κ2) is 4.88. The lowest BCUT2D eigenvalue weighted by Crippen LogP contribution is -2.38. The first kappa shape index (κ1) is 17.1. The molecule has 0 aromatic heterocycles. The number of hydrogen-bond donors (Lipinski definition) is 0. The molecule has 0 atom stereocenters. The summed E-state index contributed by atoms with van der Waals surface area (Å²) in [7, 11) is 0. The number of allylic oxidation sites excluding steroid dienone is 2. The monoisotopic (exact) mass is 348 g/mol. The maximum absolute atomic E-state index is 12.7. The Labute approximate surface area is 127 Å². The van der Waals surface area contributed by atoms with Crippen molar-refractivity contribution >= 4 is 23.5 Å². The van der Waals surface area contributed by atoms with E-state index in [-0.39, 0.29) is 5.41 Å². The molecule has 0 nitrogen and oxygen atoms in total. The standard InChI is InChI=1S/C13H14F6S2/c1-7-4-10(2,3)6-11(5-7)20-9(21-11)8(12(14,15)16)13(17,18)19/h5H,4,6H2,1-3H3. The van der Waals surface area contributed by atoms with Crippen LogP contribution >= 0.6 is 23.5 Å². The van der Waals surface area contributed by atoms with Crippen LogP contribution in [0.15, 0.2) is 21.5 Å². The SMILES string of the molecule is CC1=CC2(CC(C)(C)C1)SC(=C(C(F)(F)F)C(F)(F)F)S2. The average Bonchev–Trinajstić information content (AvgIpc) is 2.05. The number of thioether (sulfide) groups is 2. The summed E-state index contributed by atoms with van der Waals surface area (Å²) < 4.78 is 74.5. The highest BCUT2D eigenvalue weighted by molar-refractivity contribution is 8.39. The van der Waals surface area contributed by atoms with E-state index >= 15 is 0 Å². The maximum atomic E-state index is 12.7. The van der Waals surface area contributed by atoms with Gasteiger partial charge in [-0.15, -0.1) is 0 Å². The van der Waals surface area contributed by atoms with E-state index in [4.69, 9.17) is 0 Å². The summed E-state index contributed by atoms with van der Waals surface area (Å²) in [5.74, 6) is 0. The minimum atomic E-state index is -5.38. The maximum Gasteiger partial charge on any atom is 0.422 e. The fourth-order valence-corrected chi connectivity index (χ4v) is 6.81. The van der Waals surface area contributed by atoms with Crippen molar-refractivity contribution in [2.75, 3.05) is 0 Å². The molecule has 21 heavy (non-hydrogen) atoms. The molecular weight excluding hydrogens is 334 g/mol. The average molecular weight is 348 g/mol. The van der Waals surface area contributed by atoms with Gasteiger partial charge in [-0.3, -0.25) is 0 Å². The predicted octanol–water partition coefficient (Wildman–Crippen LogP) is 6.27. The second-order valence-corrected chi connectivity index (χ2v) is 9.38. The summed E-state index contributed by atoms with van der Waals surface area (Å²) in [6.07, 6.45) is -7.59. The number of hydrogen-bond acceptors (Lipinski definition) is 2. The molecule has 0 amide bonds. The molecule has 2 rings (SSSR count). The third kappa shape index (κ3) is 3.57. The minimum Gasteiger partial charge on any atom is -0.166 e. The van der Waals surface area contributed by atoms with E-state index in [0.717, 1.165) is 12.0 Å². The van der Waals surface area contributed by atoms with Crippen molar-refractivity contribution in [3.05, 3.63) is 21.5 Å². The largest absolute Gasteiger partial charge is 0.422 e. The van der Waals surface area contributed by atoms with Crippen molar-refractivity contribution in [2.45, 2.75) is 50.0 Å². The topological polar surface area (TPSA) is 0 Å². The molecule has 1 fully saturated rings. The van der Waals surface area contributed by atoms with Gasteiger partial charge in [0.15, 0.2) is 5.57 Å². The summed E-state index contributed by atoms with van der Waals surface area (Å²) in [5.41, 5.74) is -1.49. The van der Waals surface area contributed by atoms with Gasteiger partial charge in [0.25, 0.3) is 0 Å². The fourth-order valence-electron chi connectivity index (χ4n) is 2.91. The van der Waals surface area contributed by atoms with Crippen molar-refractivity contribution in [2.24, 2.45) is 5.41 Å². The third-order valence-electron chi connectivity index (χ3n) is 3.25. The van der Waals surface area contributed by atoms with Crippen LogP contribution in [0.4, 0.5) is 26.3 Å². The van der Waals surface area contributed by atoms with Crippen LogP contribution in [0.5, 0.6) is 0 Å². The van der Waals surface area contributed by atoms with Gasteiger partial charge in [-0.1, -0.05) is 49.0 Å². The number of alkyl halides is 6. The fraction of sp³-hybridized carbons (Fsp3) is 0.692. The molecule has 0 N–H and O–H groups in total. The molecule has 0 saturated carbocycles. The quantitative estimate of drug-likeness (QED) is 0.374. The first-order chi connectivity index (χ1) is 9.24. The normalized spacial score (nSPS) is 29.2. The molecule has 1 heterocycles. The van der Waals surface area contributed by atoms with Crippen LogP contribution in [0, 0.1) is 5.41 Å². The Morgan fingerprint density at radius 2 is 1.52 bits per heavy atom. The lowest BCUT2D eigenvalue weighted by Gasteiger charge is -2.48. The summed E-state index contributed by atoms with van der Waals surface area (Å²) in [6, 6.07) is 0. The molecule has 0 bridgehead atoms. The van der Waals surface area contributed by atoms with E-state index in [1.165, 1.54) is 0 Å². The Kier molecular flexibility index (Phi) is 3.98. The molecular formula is C13H14F6S2. The van der Waals surface area contributed by atoms with Gasteiger partial charge in [0, 0.05) is 0 Å². The van der Waals surface area contributed by atoms with Crippen LogP contribution in [0.3, 0.4) is 0 Å². The van der Waals surface area contributed by atoms with E-state index < -0.39 is 26.2 Å². The minimum absolute atomic E-state index is 0.124. The first-order valence-electron chi connectivity index (χ1n) is 6.19. The van der Waals surface area contributed by atoms with Crippen LogP contribution < -0.4 is 0 Å². The lowest BCUT2D eigenvalue weighted by molar-refractivity contribution is -0.171. The molecule has 8 heteroatoms. The zero-order chi connectivity index (χ0) is 16.3. The highest BCUT2D eigenvalue weighted by Crippen LogP contribution is 2.69. The van der Waals surface area contributed by atoms with Crippen LogP contribution in [-0.4, -0.2) is 16.4 Å². The molecule has 120 valence electrons. The lowest BCUT2D eigenvalue weighted by atomic mass is 9.77. The molecule has 1 saturated heterocycles. The van der Waals surface area contributed by atoms with Gasteiger partial charge in [0.1, 0.15) is 0 Å². The van der Waals surface area contributed by atoms with Crippen LogP contribution in [0.25, 0.3) is 0 Å². The number of rotatable bonds is 0. The summed E-state index contributed by atoms with van der Waals surface area (Å²) >= 11 is 1.38. The number of halogens is 6. The van der Waals surface area contributed by atoms with Gasteiger partial charge in [0.2, 0.25) is 0 Å². The van der Waals surface area contributed by atoms with Crippen molar-refractivity contribution in [3.8, 4) is 0 Å². The predicted molar refractivity (Wildman–Crippen MR) is 73.8 cm³/mol. The molecule has 0 unspecified atom stereocenters. The summed E-state index contributed by atoms with van der Waals surface area (Å²) in [6.45, 7) is 5.81. The molecule has 1 spiro atoms. The second-order valence-electron chi connectivity index (χ2n) is 6.18. The van der Waals surface area contributed by atoms with Crippen LogP contribution in [0.2, 0.25) is 0 Å². The highest BCUT2D eigenvalue weighted by atomic mass is 32.3.